The largest absolute Gasteiger partial charge is 0.476 e. The first-order valence-corrected chi connectivity index (χ1v) is 15.3. The molecule has 12 heteroatoms. The summed E-state index contributed by atoms with van der Waals surface area (Å²) in [6, 6.07) is 4.10. The van der Waals surface area contributed by atoms with Crippen LogP contribution in [0, 0.1) is 11.3 Å². The number of hydrogen-bond acceptors (Lipinski definition) is 10. The number of amides is 1. The molecule has 43 heavy (non-hydrogen) atoms. The summed E-state index contributed by atoms with van der Waals surface area (Å²) in [6.45, 7) is 8.43. The molecule has 0 bridgehead atoms. The zero-order valence-electron chi connectivity index (χ0n) is 25.1. The molecule has 1 amide bonds. The van der Waals surface area contributed by atoms with Gasteiger partial charge in [-0.1, -0.05) is 6.58 Å². The molecular weight excluding hydrogens is 549 g/mol. The van der Waals surface area contributed by atoms with Crippen LogP contribution in [0.25, 0.3) is 0 Å². The summed E-state index contributed by atoms with van der Waals surface area (Å²) in [5, 5.41) is 9.51. The summed E-state index contributed by atoms with van der Waals surface area (Å²) >= 11 is 0. The molecule has 0 spiro atoms. The Morgan fingerprint density at radius 2 is 1.91 bits per heavy atom. The van der Waals surface area contributed by atoms with Gasteiger partial charge in [0.2, 0.25) is 5.88 Å². The molecule has 2 fully saturated rings. The predicted octanol–water partition coefficient (Wildman–Crippen LogP) is 2.70. The molecule has 6 heterocycles. The van der Waals surface area contributed by atoms with Gasteiger partial charge in [-0.15, -0.1) is 0 Å². The number of carbonyl (C=O) groups is 1. The summed E-state index contributed by atoms with van der Waals surface area (Å²) in [5.41, 5.74) is 4.29. The lowest BCUT2D eigenvalue weighted by atomic mass is 9.99. The number of anilines is 3. The van der Waals surface area contributed by atoms with E-state index < -0.39 is 17.8 Å². The monoisotopic (exact) mass is 589 g/mol. The first-order chi connectivity index (χ1) is 20.8. The number of halogens is 1. The van der Waals surface area contributed by atoms with Crippen molar-refractivity contribution in [2.24, 2.45) is 0 Å². The molecule has 11 nitrogen and oxygen atoms in total. The number of aromatic nitrogens is 3. The van der Waals surface area contributed by atoms with Crippen molar-refractivity contribution in [1.29, 1.82) is 5.26 Å². The minimum Gasteiger partial charge on any atom is -0.476 e. The number of likely N-dealkylation sites (N-methyl/N-ethyl adjacent to an activating group) is 1. The van der Waals surface area contributed by atoms with Gasteiger partial charge in [0.1, 0.15) is 24.6 Å². The van der Waals surface area contributed by atoms with E-state index in [0.717, 1.165) is 80.3 Å². The van der Waals surface area contributed by atoms with Crippen molar-refractivity contribution in [1.82, 2.24) is 24.8 Å². The first kappa shape index (κ1) is 29.1. The first-order valence-electron chi connectivity index (χ1n) is 15.3. The Bertz CT molecular complexity index is 1430. The van der Waals surface area contributed by atoms with Crippen LogP contribution in [0.2, 0.25) is 0 Å². The Morgan fingerprint density at radius 3 is 2.67 bits per heavy atom. The minimum atomic E-state index is -0.997. The van der Waals surface area contributed by atoms with Crippen LogP contribution in [-0.4, -0.2) is 103 Å². The van der Waals surface area contributed by atoms with Crippen molar-refractivity contribution in [2.45, 2.75) is 57.2 Å². The number of pyridine rings is 1. The number of ether oxygens (including phenoxy) is 1. The van der Waals surface area contributed by atoms with E-state index >= 15 is 0 Å². The summed E-state index contributed by atoms with van der Waals surface area (Å²) in [4.78, 5) is 37.3. The van der Waals surface area contributed by atoms with Gasteiger partial charge in [0, 0.05) is 68.7 Å². The van der Waals surface area contributed by atoms with Crippen molar-refractivity contribution in [3.63, 3.8) is 0 Å². The van der Waals surface area contributed by atoms with Crippen LogP contribution in [0.1, 0.15) is 42.5 Å². The number of carbonyl (C=O) groups excluding carboxylic acids is 1. The second-order valence-corrected chi connectivity index (χ2v) is 12.1. The lowest BCUT2D eigenvalue weighted by Crippen LogP contribution is -2.55. The number of likely N-dealkylation sites (tertiary alicyclic amines) is 1. The second kappa shape index (κ2) is 12.3. The maximum absolute atomic E-state index is 13.8. The summed E-state index contributed by atoms with van der Waals surface area (Å²) in [5.74, 6) is 0.810. The van der Waals surface area contributed by atoms with Crippen LogP contribution < -0.4 is 19.4 Å². The Morgan fingerprint density at radius 1 is 1.07 bits per heavy atom. The van der Waals surface area contributed by atoms with E-state index in [1.54, 1.807) is 6.33 Å². The van der Waals surface area contributed by atoms with E-state index in [1.807, 2.05) is 6.07 Å². The molecule has 0 aromatic carbocycles. The summed E-state index contributed by atoms with van der Waals surface area (Å²) < 4.78 is 20.2. The number of nitriles is 1. The second-order valence-electron chi connectivity index (χ2n) is 12.1. The molecule has 2 aromatic heterocycles. The normalized spacial score (nSPS) is 22.2. The fourth-order valence-corrected chi connectivity index (χ4v) is 7.00. The van der Waals surface area contributed by atoms with E-state index in [-0.39, 0.29) is 6.42 Å². The quantitative estimate of drug-likeness (QED) is 0.448. The fourth-order valence-electron chi connectivity index (χ4n) is 7.00. The van der Waals surface area contributed by atoms with Gasteiger partial charge in [-0.2, -0.15) is 5.26 Å². The fraction of sp³-hybridized carbons (Fsp3) is 0.581. The zero-order valence-corrected chi connectivity index (χ0v) is 25.1. The maximum atomic E-state index is 13.8. The van der Waals surface area contributed by atoms with Gasteiger partial charge in [0.15, 0.2) is 5.83 Å². The number of nitrogens with zero attached hydrogens (tertiary/aromatic N) is 9. The third-order valence-electron chi connectivity index (χ3n) is 9.35. The number of fused-ring (bicyclic) bond motifs is 2. The van der Waals surface area contributed by atoms with Crippen LogP contribution in [0.15, 0.2) is 24.8 Å². The average Bonchev–Trinajstić information content (AvgIpc) is 3.43. The Kier molecular flexibility index (Phi) is 8.34. The van der Waals surface area contributed by atoms with E-state index in [4.69, 9.17) is 14.7 Å². The summed E-state index contributed by atoms with van der Waals surface area (Å²) in [6.07, 6.45) is 6.81. The average molecular weight is 590 g/mol. The lowest BCUT2D eigenvalue weighted by Gasteiger charge is -2.43. The smallest absolute Gasteiger partial charge is 0.282 e. The van der Waals surface area contributed by atoms with Gasteiger partial charge in [-0.25, -0.2) is 19.3 Å². The highest BCUT2D eigenvalue weighted by Crippen LogP contribution is 2.37. The number of hydrogen-bond donors (Lipinski definition) is 0. The van der Waals surface area contributed by atoms with Crippen molar-refractivity contribution in [2.75, 3.05) is 74.7 Å². The lowest BCUT2D eigenvalue weighted by molar-refractivity contribution is -0.131. The minimum absolute atomic E-state index is 0.112. The van der Waals surface area contributed by atoms with Gasteiger partial charge in [0.25, 0.3) is 5.91 Å². The molecule has 4 aliphatic heterocycles. The standard InChI is InChI=1S/C31H40FN9O2/c1-21(32)31(42)41-15-14-39(17-22(41)8-10-33)27-16-28(43-19-23-6-4-11-37(23)2)36-26-18-40(13-9-24(26)27)30-25-7-5-12-38(3)29(25)34-20-35-30/h16,20,22-23H,1,4-9,11-15,17-19H2,2-3H3/t22-,23-/m0/s1. The Labute approximate surface area is 252 Å². The molecule has 2 atom stereocenters. The molecule has 0 N–H and O–H groups in total. The molecular formula is C31H40FN9O2. The van der Waals surface area contributed by atoms with Crippen LogP contribution in [0.4, 0.5) is 21.7 Å². The molecule has 2 saturated heterocycles. The highest BCUT2D eigenvalue weighted by molar-refractivity contribution is 5.91. The molecule has 228 valence electrons. The molecule has 2 aromatic rings. The third kappa shape index (κ3) is 5.83. The molecule has 4 aliphatic rings. The highest BCUT2D eigenvalue weighted by Gasteiger charge is 2.35. The maximum Gasteiger partial charge on any atom is 0.282 e. The van der Waals surface area contributed by atoms with Crippen LogP contribution >= 0.6 is 0 Å². The van der Waals surface area contributed by atoms with Gasteiger partial charge in [0.05, 0.1) is 30.8 Å². The van der Waals surface area contributed by atoms with Gasteiger partial charge in [-0.05, 0) is 45.7 Å². The van der Waals surface area contributed by atoms with Crippen molar-refractivity contribution >= 4 is 23.2 Å². The molecule has 0 radical (unpaired) electrons. The topological polar surface area (TPSA) is 105 Å². The highest BCUT2D eigenvalue weighted by atomic mass is 19.1. The Balaban J connectivity index is 1.31. The van der Waals surface area contributed by atoms with Gasteiger partial charge in [-0.3, -0.25) is 4.79 Å². The van der Waals surface area contributed by atoms with Gasteiger partial charge < -0.3 is 29.2 Å². The summed E-state index contributed by atoms with van der Waals surface area (Å²) in [7, 11) is 4.21. The zero-order chi connectivity index (χ0) is 30.1. The Hall–Kier alpha value is -3.98. The van der Waals surface area contributed by atoms with E-state index in [1.165, 1.54) is 10.5 Å². The van der Waals surface area contributed by atoms with Crippen LogP contribution in [0.5, 0.6) is 5.88 Å². The van der Waals surface area contributed by atoms with Crippen molar-refractivity contribution in [3.8, 4) is 11.9 Å². The van der Waals surface area contributed by atoms with Crippen LogP contribution in [0.3, 0.4) is 0 Å². The van der Waals surface area contributed by atoms with Crippen molar-refractivity contribution in [3.05, 3.63) is 41.6 Å². The number of rotatable bonds is 7. The van der Waals surface area contributed by atoms with Crippen molar-refractivity contribution < 1.29 is 13.9 Å². The number of piperazine rings is 1. The molecule has 0 aliphatic carbocycles. The van der Waals surface area contributed by atoms with E-state index in [0.29, 0.717) is 44.7 Å². The van der Waals surface area contributed by atoms with Gasteiger partial charge >= 0.3 is 0 Å². The molecule has 6 rings (SSSR count). The molecule has 0 unspecified atom stereocenters. The van der Waals surface area contributed by atoms with E-state index in [2.05, 4.69) is 51.3 Å². The van der Waals surface area contributed by atoms with Crippen LogP contribution in [-0.2, 0) is 24.2 Å². The molecule has 0 saturated carbocycles. The third-order valence-corrected chi connectivity index (χ3v) is 9.35. The van der Waals surface area contributed by atoms with E-state index in [9.17, 15) is 14.4 Å². The predicted molar refractivity (Wildman–Crippen MR) is 162 cm³/mol. The SMILES string of the molecule is C=C(F)C(=O)N1CCN(c2cc(OC[C@@H]3CCCN3C)nc3c2CCN(c2ncnc4c2CCCN4C)C3)C[C@@H]1CC#N.